The van der Waals surface area contributed by atoms with Crippen molar-refractivity contribution in [3.8, 4) is 5.88 Å². The molecule has 7 heteroatoms. The van der Waals surface area contributed by atoms with Gasteiger partial charge in [0.1, 0.15) is 0 Å². The first-order valence-electron chi connectivity index (χ1n) is 8.25. The van der Waals surface area contributed by atoms with Crippen LogP contribution in [0.2, 0.25) is 0 Å². The number of thiophene rings is 1. The third-order valence-corrected chi connectivity index (χ3v) is 4.72. The van der Waals surface area contributed by atoms with Crippen molar-refractivity contribution in [2.75, 3.05) is 20.7 Å². The van der Waals surface area contributed by atoms with Crippen molar-refractivity contribution < 1.29 is 4.74 Å². The standard InChI is InChI=1S/C18H24N4OS.HI/c1-19-18(22(2)11-16-6-8-24-13-16)21-10-15-5-7-20-17(9-15)23-12-14-3-4-14;/h5-9,13-14H,3-4,10-12H2,1-2H3,(H,19,21);1H. The number of rotatable bonds is 7. The Balaban J connectivity index is 0.00000225. The molecule has 136 valence electrons. The minimum atomic E-state index is 0. The fraction of sp³-hybridized carbons (Fsp3) is 0.444. The van der Waals surface area contributed by atoms with Gasteiger partial charge in [-0.1, -0.05) is 0 Å². The molecular weight excluding hydrogens is 447 g/mol. The average molecular weight is 472 g/mol. The smallest absolute Gasteiger partial charge is 0.213 e. The molecule has 0 bridgehead atoms. The summed E-state index contributed by atoms with van der Waals surface area (Å²) in [7, 11) is 3.85. The van der Waals surface area contributed by atoms with E-state index in [4.69, 9.17) is 4.74 Å². The molecule has 0 aromatic carbocycles. The molecule has 5 nitrogen and oxygen atoms in total. The van der Waals surface area contributed by atoms with Gasteiger partial charge in [0.15, 0.2) is 5.96 Å². The van der Waals surface area contributed by atoms with E-state index in [1.165, 1.54) is 18.4 Å². The Morgan fingerprint density at radius 2 is 2.24 bits per heavy atom. The third-order valence-electron chi connectivity index (χ3n) is 3.99. The number of nitrogens with zero attached hydrogens (tertiary/aromatic N) is 3. The molecule has 25 heavy (non-hydrogen) atoms. The molecule has 0 saturated heterocycles. The van der Waals surface area contributed by atoms with Crippen LogP contribution >= 0.6 is 35.3 Å². The summed E-state index contributed by atoms with van der Waals surface area (Å²) in [5.74, 6) is 2.32. The van der Waals surface area contributed by atoms with Gasteiger partial charge < -0.3 is 15.0 Å². The fourth-order valence-corrected chi connectivity index (χ4v) is 3.08. The van der Waals surface area contributed by atoms with E-state index in [2.05, 4.69) is 37.0 Å². The molecule has 1 saturated carbocycles. The van der Waals surface area contributed by atoms with Gasteiger partial charge in [0.05, 0.1) is 6.61 Å². The largest absolute Gasteiger partial charge is 0.477 e. The molecule has 0 aliphatic heterocycles. The van der Waals surface area contributed by atoms with Crippen LogP contribution < -0.4 is 10.1 Å². The molecule has 0 spiro atoms. The maximum Gasteiger partial charge on any atom is 0.213 e. The Kier molecular flexibility index (Phi) is 7.95. The van der Waals surface area contributed by atoms with Crippen molar-refractivity contribution in [2.45, 2.75) is 25.9 Å². The zero-order valence-electron chi connectivity index (χ0n) is 14.6. The molecular formula is C18H25IN4OS. The normalized spacial score (nSPS) is 13.9. The lowest BCUT2D eigenvalue weighted by Crippen LogP contribution is -2.37. The summed E-state index contributed by atoms with van der Waals surface area (Å²) in [6.07, 6.45) is 4.37. The zero-order valence-corrected chi connectivity index (χ0v) is 17.8. The molecule has 2 heterocycles. The van der Waals surface area contributed by atoms with Crippen molar-refractivity contribution in [1.82, 2.24) is 15.2 Å². The second-order valence-electron chi connectivity index (χ2n) is 6.15. The maximum atomic E-state index is 5.74. The second kappa shape index (κ2) is 9.96. The van der Waals surface area contributed by atoms with Crippen LogP contribution in [0.1, 0.15) is 24.0 Å². The zero-order chi connectivity index (χ0) is 16.8. The molecule has 1 aliphatic carbocycles. The van der Waals surface area contributed by atoms with Crippen LogP contribution in [-0.2, 0) is 13.1 Å². The number of aliphatic imine (C=N–C) groups is 1. The van der Waals surface area contributed by atoms with Crippen molar-refractivity contribution in [3.63, 3.8) is 0 Å². The van der Waals surface area contributed by atoms with Crippen LogP contribution in [0.5, 0.6) is 5.88 Å². The molecule has 0 atom stereocenters. The molecule has 2 aromatic heterocycles. The minimum absolute atomic E-state index is 0. The van der Waals surface area contributed by atoms with Crippen molar-refractivity contribution in [3.05, 3.63) is 46.3 Å². The summed E-state index contributed by atoms with van der Waals surface area (Å²) in [6, 6.07) is 6.14. The van der Waals surface area contributed by atoms with Crippen LogP contribution in [0, 0.1) is 5.92 Å². The Bertz CT molecular complexity index is 673. The van der Waals surface area contributed by atoms with Gasteiger partial charge in [-0.2, -0.15) is 11.3 Å². The van der Waals surface area contributed by atoms with E-state index in [-0.39, 0.29) is 24.0 Å². The monoisotopic (exact) mass is 472 g/mol. The maximum absolute atomic E-state index is 5.74. The van der Waals surface area contributed by atoms with Gasteiger partial charge in [0, 0.05) is 39.4 Å². The summed E-state index contributed by atoms with van der Waals surface area (Å²) < 4.78 is 5.74. The summed E-state index contributed by atoms with van der Waals surface area (Å²) in [4.78, 5) is 10.8. The highest BCUT2D eigenvalue weighted by Crippen LogP contribution is 2.29. The molecule has 1 aliphatic rings. The highest BCUT2D eigenvalue weighted by Gasteiger charge is 2.22. The number of halogens is 1. The summed E-state index contributed by atoms with van der Waals surface area (Å²) in [6.45, 7) is 2.33. The second-order valence-corrected chi connectivity index (χ2v) is 6.93. The number of aromatic nitrogens is 1. The molecule has 0 unspecified atom stereocenters. The van der Waals surface area contributed by atoms with E-state index in [0.717, 1.165) is 30.6 Å². The van der Waals surface area contributed by atoms with Crippen molar-refractivity contribution in [1.29, 1.82) is 0 Å². The van der Waals surface area contributed by atoms with Crippen LogP contribution in [0.15, 0.2) is 40.1 Å². The number of hydrogen-bond acceptors (Lipinski definition) is 4. The van der Waals surface area contributed by atoms with E-state index >= 15 is 0 Å². The lowest BCUT2D eigenvalue weighted by molar-refractivity contribution is 0.288. The van der Waals surface area contributed by atoms with Crippen LogP contribution in [-0.4, -0.2) is 36.5 Å². The van der Waals surface area contributed by atoms with Crippen molar-refractivity contribution in [2.24, 2.45) is 10.9 Å². The number of pyridine rings is 1. The highest BCUT2D eigenvalue weighted by molar-refractivity contribution is 14.0. The minimum Gasteiger partial charge on any atom is -0.477 e. The first-order valence-corrected chi connectivity index (χ1v) is 9.19. The van der Waals surface area contributed by atoms with E-state index in [0.29, 0.717) is 12.4 Å². The average Bonchev–Trinajstić information content (AvgIpc) is 3.29. The topological polar surface area (TPSA) is 49.8 Å². The molecule has 0 radical (unpaired) electrons. The fourth-order valence-electron chi connectivity index (χ4n) is 2.42. The SMILES string of the molecule is CN=C(NCc1ccnc(OCC2CC2)c1)N(C)Cc1ccsc1.I. The van der Waals surface area contributed by atoms with E-state index in [1.807, 2.05) is 26.2 Å². The quantitative estimate of drug-likeness (QED) is 0.379. The first-order chi connectivity index (χ1) is 11.7. The Labute approximate surface area is 170 Å². The number of guanidine groups is 1. The van der Waals surface area contributed by atoms with Gasteiger partial charge in [-0.05, 0) is 52.8 Å². The Morgan fingerprint density at radius 3 is 2.92 bits per heavy atom. The lowest BCUT2D eigenvalue weighted by Gasteiger charge is -2.21. The first kappa shape index (κ1) is 20.0. The number of hydrogen-bond donors (Lipinski definition) is 1. The van der Waals surface area contributed by atoms with Gasteiger partial charge in [-0.15, -0.1) is 24.0 Å². The number of nitrogens with one attached hydrogen (secondary N) is 1. The predicted octanol–water partition coefficient (Wildman–Crippen LogP) is 3.76. The summed E-state index contributed by atoms with van der Waals surface area (Å²) >= 11 is 1.72. The van der Waals surface area contributed by atoms with Crippen LogP contribution in [0.25, 0.3) is 0 Å². The predicted molar refractivity (Wildman–Crippen MR) is 114 cm³/mol. The highest BCUT2D eigenvalue weighted by atomic mass is 127. The van der Waals surface area contributed by atoms with Crippen LogP contribution in [0.3, 0.4) is 0 Å². The molecule has 3 rings (SSSR count). The molecule has 2 aromatic rings. The summed E-state index contributed by atoms with van der Waals surface area (Å²) in [5, 5.41) is 7.66. The Morgan fingerprint density at radius 1 is 1.40 bits per heavy atom. The Hall–Kier alpha value is -1.35. The number of ether oxygens (including phenoxy) is 1. The van der Waals surface area contributed by atoms with Gasteiger partial charge in [-0.25, -0.2) is 4.98 Å². The van der Waals surface area contributed by atoms with Crippen molar-refractivity contribution >= 4 is 41.3 Å². The van der Waals surface area contributed by atoms with Gasteiger partial charge in [0.25, 0.3) is 0 Å². The third kappa shape index (κ3) is 6.47. The molecule has 1 fully saturated rings. The van der Waals surface area contributed by atoms with Gasteiger partial charge >= 0.3 is 0 Å². The van der Waals surface area contributed by atoms with E-state index in [9.17, 15) is 0 Å². The van der Waals surface area contributed by atoms with Crippen LogP contribution in [0.4, 0.5) is 0 Å². The molecule has 1 N–H and O–H groups in total. The van der Waals surface area contributed by atoms with Gasteiger partial charge in [0.2, 0.25) is 5.88 Å². The van der Waals surface area contributed by atoms with E-state index < -0.39 is 0 Å². The van der Waals surface area contributed by atoms with Gasteiger partial charge in [-0.3, -0.25) is 4.99 Å². The molecule has 0 amide bonds. The summed E-state index contributed by atoms with van der Waals surface area (Å²) in [5.41, 5.74) is 2.44. The van der Waals surface area contributed by atoms with E-state index in [1.54, 1.807) is 17.5 Å². The lowest BCUT2D eigenvalue weighted by atomic mass is 10.2.